The van der Waals surface area contributed by atoms with Crippen LogP contribution in [0.15, 0.2) is 40.9 Å². The largest absolute Gasteiger partial charge is 0.336 e. The van der Waals surface area contributed by atoms with Crippen LogP contribution in [0.5, 0.6) is 0 Å². The molecule has 0 unspecified atom stereocenters. The van der Waals surface area contributed by atoms with E-state index >= 15 is 0 Å². The number of halogens is 1. The maximum Gasteiger partial charge on any atom is 0.266 e. The van der Waals surface area contributed by atoms with E-state index in [0.717, 1.165) is 37.3 Å². The Hall–Kier alpha value is -2.73. The summed E-state index contributed by atoms with van der Waals surface area (Å²) >= 11 is 0. The third-order valence-corrected chi connectivity index (χ3v) is 4.85. The van der Waals surface area contributed by atoms with Crippen molar-refractivity contribution in [3.8, 4) is 22.6 Å². The molecule has 0 radical (unpaired) electrons. The number of rotatable bonds is 3. The summed E-state index contributed by atoms with van der Waals surface area (Å²) in [4.78, 5) is 6.41. The Morgan fingerprint density at radius 2 is 1.73 bits per heavy atom. The first kappa shape index (κ1) is 16.7. The standard InChI is InChI=1S/C20H21FN4O/c1-13-3-4-15(11-14(13)2)16-5-6-17(18(21)12-16)19-23-20(24-26-19)25-9-7-22-8-10-25/h3-6,11-12,22H,7-10H2,1-2H3. The number of anilines is 1. The van der Waals surface area contributed by atoms with Gasteiger partial charge in [0.15, 0.2) is 0 Å². The Bertz CT molecular complexity index is 931. The Labute approximate surface area is 151 Å². The normalized spacial score (nSPS) is 14.7. The van der Waals surface area contributed by atoms with Crippen molar-refractivity contribution in [1.29, 1.82) is 0 Å². The molecule has 26 heavy (non-hydrogen) atoms. The minimum absolute atomic E-state index is 0.211. The molecule has 134 valence electrons. The number of aromatic nitrogens is 2. The summed E-state index contributed by atoms with van der Waals surface area (Å²) in [5, 5.41) is 7.28. The highest BCUT2D eigenvalue weighted by Gasteiger charge is 2.19. The molecule has 3 aromatic rings. The van der Waals surface area contributed by atoms with Gasteiger partial charge < -0.3 is 14.7 Å². The molecule has 1 fully saturated rings. The quantitative estimate of drug-likeness (QED) is 0.781. The van der Waals surface area contributed by atoms with Crippen molar-refractivity contribution in [3.63, 3.8) is 0 Å². The second-order valence-electron chi connectivity index (χ2n) is 6.63. The number of benzene rings is 2. The summed E-state index contributed by atoms with van der Waals surface area (Å²) in [6, 6.07) is 11.2. The Morgan fingerprint density at radius 3 is 2.46 bits per heavy atom. The summed E-state index contributed by atoms with van der Waals surface area (Å²) in [5.74, 6) is 0.359. The van der Waals surface area contributed by atoms with E-state index in [2.05, 4.69) is 35.4 Å². The summed E-state index contributed by atoms with van der Waals surface area (Å²) in [6.45, 7) is 7.50. The van der Waals surface area contributed by atoms with Crippen molar-refractivity contribution in [2.75, 3.05) is 31.1 Å². The molecule has 4 rings (SSSR count). The Kier molecular flexibility index (Phi) is 4.42. The van der Waals surface area contributed by atoms with Crippen LogP contribution in [0.25, 0.3) is 22.6 Å². The second-order valence-corrected chi connectivity index (χ2v) is 6.63. The zero-order chi connectivity index (χ0) is 18.1. The molecule has 5 nitrogen and oxygen atoms in total. The molecule has 1 aromatic heterocycles. The second kappa shape index (κ2) is 6.88. The van der Waals surface area contributed by atoms with Gasteiger partial charge in [-0.1, -0.05) is 24.3 Å². The molecule has 1 N–H and O–H groups in total. The molecular formula is C20H21FN4O. The number of nitrogens with zero attached hydrogens (tertiary/aromatic N) is 3. The number of hydrogen-bond donors (Lipinski definition) is 1. The molecule has 0 spiro atoms. The molecule has 1 aliphatic heterocycles. The van der Waals surface area contributed by atoms with Crippen LogP contribution in [-0.4, -0.2) is 36.3 Å². The van der Waals surface area contributed by atoms with E-state index in [-0.39, 0.29) is 11.7 Å². The van der Waals surface area contributed by atoms with Crippen LogP contribution in [0.1, 0.15) is 11.1 Å². The van der Waals surface area contributed by atoms with Gasteiger partial charge in [-0.05, 0) is 53.4 Å². The molecule has 2 heterocycles. The predicted octanol–water partition coefficient (Wildman–Crippen LogP) is 3.57. The minimum atomic E-state index is -0.365. The lowest BCUT2D eigenvalue weighted by atomic mass is 9.99. The van der Waals surface area contributed by atoms with Crippen LogP contribution < -0.4 is 10.2 Å². The predicted molar refractivity (Wildman–Crippen MR) is 99.7 cm³/mol. The number of hydrogen-bond acceptors (Lipinski definition) is 5. The van der Waals surface area contributed by atoms with Crippen molar-refractivity contribution >= 4 is 5.95 Å². The maximum absolute atomic E-state index is 14.7. The average molecular weight is 352 g/mol. The van der Waals surface area contributed by atoms with Gasteiger partial charge >= 0.3 is 0 Å². The van der Waals surface area contributed by atoms with Crippen molar-refractivity contribution in [2.45, 2.75) is 13.8 Å². The Morgan fingerprint density at radius 1 is 1.00 bits per heavy atom. The number of nitrogens with one attached hydrogen (secondary N) is 1. The minimum Gasteiger partial charge on any atom is -0.336 e. The van der Waals surface area contributed by atoms with Gasteiger partial charge in [0.05, 0.1) is 5.56 Å². The highest BCUT2D eigenvalue weighted by molar-refractivity contribution is 5.69. The molecule has 6 heteroatoms. The van der Waals surface area contributed by atoms with Gasteiger partial charge in [-0.25, -0.2) is 4.39 Å². The summed E-state index contributed by atoms with van der Waals surface area (Å²) in [5.41, 5.74) is 4.55. The molecule has 0 saturated carbocycles. The summed E-state index contributed by atoms with van der Waals surface area (Å²) < 4.78 is 20.0. The van der Waals surface area contributed by atoms with E-state index < -0.39 is 0 Å². The van der Waals surface area contributed by atoms with Crippen LogP contribution in [-0.2, 0) is 0 Å². The van der Waals surface area contributed by atoms with Gasteiger partial charge in [-0.3, -0.25) is 0 Å². The molecule has 2 aromatic carbocycles. The molecule has 1 aliphatic rings. The topological polar surface area (TPSA) is 54.2 Å². The first-order valence-corrected chi connectivity index (χ1v) is 8.79. The van der Waals surface area contributed by atoms with E-state index in [4.69, 9.17) is 4.52 Å². The van der Waals surface area contributed by atoms with Gasteiger partial charge in [-0.2, -0.15) is 4.98 Å². The van der Waals surface area contributed by atoms with Crippen LogP contribution in [0.4, 0.5) is 10.3 Å². The van der Waals surface area contributed by atoms with Crippen LogP contribution in [0, 0.1) is 19.7 Å². The van der Waals surface area contributed by atoms with Gasteiger partial charge in [0, 0.05) is 26.2 Å². The van der Waals surface area contributed by atoms with Crippen molar-refractivity contribution in [2.24, 2.45) is 0 Å². The fourth-order valence-electron chi connectivity index (χ4n) is 3.11. The molecule has 0 atom stereocenters. The van der Waals surface area contributed by atoms with Crippen LogP contribution >= 0.6 is 0 Å². The van der Waals surface area contributed by atoms with Crippen molar-refractivity contribution < 1.29 is 8.91 Å². The molecule has 0 bridgehead atoms. The maximum atomic E-state index is 14.7. The number of piperazine rings is 1. The fourth-order valence-corrected chi connectivity index (χ4v) is 3.11. The van der Waals surface area contributed by atoms with E-state index in [1.54, 1.807) is 6.07 Å². The van der Waals surface area contributed by atoms with Gasteiger partial charge in [-0.15, -0.1) is 0 Å². The molecule has 1 saturated heterocycles. The lowest BCUT2D eigenvalue weighted by molar-refractivity contribution is 0.424. The highest BCUT2D eigenvalue weighted by Crippen LogP contribution is 2.29. The van der Waals surface area contributed by atoms with Crippen molar-refractivity contribution in [1.82, 2.24) is 15.5 Å². The molecule has 0 amide bonds. The third kappa shape index (κ3) is 3.20. The van der Waals surface area contributed by atoms with E-state index in [1.165, 1.54) is 17.2 Å². The van der Waals surface area contributed by atoms with Gasteiger partial charge in [0.25, 0.3) is 11.8 Å². The van der Waals surface area contributed by atoms with E-state index in [0.29, 0.717) is 11.5 Å². The lowest BCUT2D eigenvalue weighted by Gasteiger charge is -2.25. The lowest BCUT2D eigenvalue weighted by Crippen LogP contribution is -2.44. The third-order valence-electron chi connectivity index (χ3n) is 4.85. The van der Waals surface area contributed by atoms with Crippen LogP contribution in [0.2, 0.25) is 0 Å². The Balaban J connectivity index is 1.62. The average Bonchev–Trinajstić information content (AvgIpc) is 3.14. The summed E-state index contributed by atoms with van der Waals surface area (Å²) in [7, 11) is 0. The number of aryl methyl sites for hydroxylation is 2. The highest BCUT2D eigenvalue weighted by atomic mass is 19.1. The smallest absolute Gasteiger partial charge is 0.266 e. The zero-order valence-corrected chi connectivity index (χ0v) is 14.9. The van der Waals surface area contributed by atoms with Gasteiger partial charge in [0.2, 0.25) is 0 Å². The zero-order valence-electron chi connectivity index (χ0n) is 14.9. The first-order valence-electron chi connectivity index (χ1n) is 8.79. The van der Waals surface area contributed by atoms with Crippen LogP contribution in [0.3, 0.4) is 0 Å². The monoisotopic (exact) mass is 352 g/mol. The van der Waals surface area contributed by atoms with Crippen molar-refractivity contribution in [3.05, 3.63) is 53.3 Å². The van der Waals surface area contributed by atoms with E-state index in [1.807, 2.05) is 23.1 Å². The molecular weight excluding hydrogens is 331 g/mol. The summed E-state index contributed by atoms with van der Waals surface area (Å²) in [6.07, 6.45) is 0. The first-order chi connectivity index (χ1) is 12.6. The molecule has 0 aliphatic carbocycles. The SMILES string of the molecule is Cc1ccc(-c2ccc(-c3nc(N4CCNCC4)no3)c(F)c2)cc1C. The fraction of sp³-hybridized carbons (Fsp3) is 0.300. The van der Waals surface area contributed by atoms with Gasteiger partial charge in [0.1, 0.15) is 5.82 Å². The van der Waals surface area contributed by atoms with E-state index in [9.17, 15) is 4.39 Å².